The molecule has 5 amide bonds. The predicted octanol–water partition coefficient (Wildman–Crippen LogP) is 4.58. The molecule has 3 aliphatic rings. The van der Waals surface area contributed by atoms with Gasteiger partial charge in [-0.2, -0.15) is 0 Å². The lowest BCUT2D eigenvalue weighted by Crippen LogP contribution is -2.54. The zero-order chi connectivity index (χ0) is 25.2. The van der Waals surface area contributed by atoms with Crippen LogP contribution in [0.5, 0.6) is 0 Å². The Labute approximate surface area is 209 Å². The molecule has 8 heteroatoms. The van der Waals surface area contributed by atoms with Crippen molar-refractivity contribution in [2.45, 2.75) is 45.7 Å². The van der Waals surface area contributed by atoms with Crippen molar-refractivity contribution in [3.05, 3.63) is 64.7 Å². The van der Waals surface area contributed by atoms with Crippen molar-refractivity contribution < 1.29 is 19.2 Å². The molecular weight excluding hydrogens is 466 g/mol. The van der Waals surface area contributed by atoms with Gasteiger partial charge in [-0.3, -0.25) is 19.3 Å². The van der Waals surface area contributed by atoms with Gasteiger partial charge in [-0.15, -0.1) is 0 Å². The molecule has 0 aliphatic carbocycles. The number of benzene rings is 2. The zero-order valence-corrected chi connectivity index (χ0v) is 21.0. The van der Waals surface area contributed by atoms with Gasteiger partial charge in [-0.25, -0.2) is 9.69 Å². The number of carbonyl (C=O) groups excluding carboxylic acids is 4. The molecule has 3 saturated heterocycles. The van der Waals surface area contributed by atoms with Crippen molar-refractivity contribution in [1.29, 1.82) is 0 Å². The van der Waals surface area contributed by atoms with Gasteiger partial charge in [0, 0.05) is 11.6 Å². The minimum Gasteiger partial charge on any atom is -0.300 e. The van der Waals surface area contributed by atoms with Crippen molar-refractivity contribution in [3.8, 4) is 0 Å². The average molecular weight is 494 g/mol. The fraction of sp³-hybridized carbons (Fsp3) is 0.407. The molecule has 2 aromatic carbocycles. The van der Waals surface area contributed by atoms with Crippen LogP contribution in [0.3, 0.4) is 0 Å². The van der Waals surface area contributed by atoms with Gasteiger partial charge < -0.3 is 4.90 Å². The van der Waals surface area contributed by atoms with Crippen LogP contribution in [-0.2, 0) is 14.4 Å². The number of hydrogen-bond acceptors (Lipinski definition) is 4. The number of amides is 5. The maximum atomic E-state index is 14.3. The molecule has 4 atom stereocenters. The van der Waals surface area contributed by atoms with Crippen LogP contribution in [0, 0.1) is 24.7 Å². The van der Waals surface area contributed by atoms with Crippen molar-refractivity contribution in [2.24, 2.45) is 17.8 Å². The van der Waals surface area contributed by atoms with E-state index in [2.05, 4.69) is 0 Å². The fourth-order valence-corrected chi connectivity index (χ4v) is 6.44. The third-order valence-corrected chi connectivity index (χ3v) is 7.73. The Kier molecular flexibility index (Phi) is 5.51. The first-order chi connectivity index (χ1) is 16.6. The van der Waals surface area contributed by atoms with Crippen LogP contribution in [0.2, 0.25) is 5.02 Å². The number of nitrogens with zero attached hydrogens (tertiary/aromatic N) is 3. The van der Waals surface area contributed by atoms with Crippen molar-refractivity contribution in [1.82, 2.24) is 9.80 Å². The molecular formula is C27H28ClN3O4. The van der Waals surface area contributed by atoms with Crippen molar-refractivity contribution >= 4 is 41.0 Å². The number of urea groups is 1. The zero-order valence-electron chi connectivity index (χ0n) is 20.2. The van der Waals surface area contributed by atoms with E-state index in [-0.39, 0.29) is 30.7 Å². The summed E-state index contributed by atoms with van der Waals surface area (Å²) in [6.45, 7) is 7.85. The van der Waals surface area contributed by atoms with Gasteiger partial charge in [0.2, 0.25) is 11.8 Å². The average Bonchev–Trinajstić information content (AvgIpc) is 3.31. The lowest BCUT2D eigenvalue weighted by molar-refractivity contribution is -0.144. The predicted molar refractivity (Wildman–Crippen MR) is 132 cm³/mol. The van der Waals surface area contributed by atoms with Crippen LogP contribution in [0.25, 0.3) is 0 Å². The molecule has 3 heterocycles. The number of carbonyl (C=O) groups is 4. The second-order valence-corrected chi connectivity index (χ2v) is 10.5. The SMILES string of the molecule is CCN1C(=O)C2C(c3ccc(C)cc3)N3C(=O)N(c4cccc(Cl)c4)C(=O)[C@@]3(CC(C)C)C2C1=O. The Morgan fingerprint density at radius 2 is 1.69 bits per heavy atom. The number of aryl methyl sites for hydroxylation is 1. The monoisotopic (exact) mass is 493 g/mol. The highest BCUT2D eigenvalue weighted by Crippen LogP contribution is 2.60. The number of likely N-dealkylation sites (tertiary alicyclic amines) is 1. The maximum Gasteiger partial charge on any atom is 0.332 e. The molecule has 0 spiro atoms. The Hall–Kier alpha value is -3.19. The van der Waals surface area contributed by atoms with Crippen LogP contribution < -0.4 is 4.90 Å². The van der Waals surface area contributed by atoms with Gasteiger partial charge in [-0.1, -0.05) is 61.3 Å². The summed E-state index contributed by atoms with van der Waals surface area (Å²) in [5.74, 6) is -2.92. The normalized spacial score (nSPS) is 27.9. The summed E-state index contributed by atoms with van der Waals surface area (Å²) in [6, 6.07) is 12.9. The molecule has 0 radical (unpaired) electrons. The summed E-state index contributed by atoms with van der Waals surface area (Å²) in [5, 5.41) is 0.394. The summed E-state index contributed by atoms with van der Waals surface area (Å²) in [6.07, 6.45) is 0.273. The van der Waals surface area contributed by atoms with E-state index in [9.17, 15) is 19.2 Å². The molecule has 7 nitrogen and oxygen atoms in total. The van der Waals surface area contributed by atoms with Gasteiger partial charge in [0.05, 0.1) is 23.6 Å². The summed E-state index contributed by atoms with van der Waals surface area (Å²) in [4.78, 5) is 59.6. The largest absolute Gasteiger partial charge is 0.332 e. The fourth-order valence-electron chi connectivity index (χ4n) is 6.25. The van der Waals surface area contributed by atoms with E-state index >= 15 is 0 Å². The van der Waals surface area contributed by atoms with E-state index < -0.39 is 35.4 Å². The van der Waals surface area contributed by atoms with E-state index in [1.807, 2.05) is 45.0 Å². The van der Waals surface area contributed by atoms with Crippen LogP contribution in [-0.4, -0.2) is 45.6 Å². The first-order valence-corrected chi connectivity index (χ1v) is 12.4. The van der Waals surface area contributed by atoms with Crippen molar-refractivity contribution in [3.63, 3.8) is 0 Å². The van der Waals surface area contributed by atoms with E-state index in [1.165, 1.54) is 4.90 Å². The quantitative estimate of drug-likeness (QED) is 0.451. The van der Waals surface area contributed by atoms with Crippen LogP contribution >= 0.6 is 11.6 Å². The number of fused-ring (bicyclic) bond motifs is 3. The highest BCUT2D eigenvalue weighted by molar-refractivity contribution is 6.32. The Morgan fingerprint density at radius 3 is 2.29 bits per heavy atom. The number of halogens is 1. The number of anilines is 1. The third kappa shape index (κ3) is 3.17. The van der Waals surface area contributed by atoms with Crippen LogP contribution in [0.4, 0.5) is 10.5 Å². The molecule has 5 rings (SSSR count). The van der Waals surface area contributed by atoms with Gasteiger partial charge in [0.25, 0.3) is 5.91 Å². The highest BCUT2D eigenvalue weighted by Gasteiger charge is 2.77. The summed E-state index contributed by atoms with van der Waals surface area (Å²) in [5.41, 5.74) is 0.674. The van der Waals surface area contributed by atoms with Gasteiger partial charge in [0.1, 0.15) is 5.54 Å². The molecule has 35 heavy (non-hydrogen) atoms. The second-order valence-electron chi connectivity index (χ2n) is 10.1. The topological polar surface area (TPSA) is 78.0 Å². The molecule has 182 valence electrons. The molecule has 3 unspecified atom stereocenters. The third-order valence-electron chi connectivity index (χ3n) is 7.50. The molecule has 2 aromatic rings. The Bertz CT molecular complexity index is 1240. The molecule has 0 bridgehead atoms. The highest BCUT2D eigenvalue weighted by atomic mass is 35.5. The van der Waals surface area contributed by atoms with E-state index in [0.29, 0.717) is 10.7 Å². The summed E-state index contributed by atoms with van der Waals surface area (Å²) >= 11 is 6.20. The smallest absolute Gasteiger partial charge is 0.300 e. The molecule has 3 aliphatic heterocycles. The molecule has 3 fully saturated rings. The maximum absolute atomic E-state index is 14.3. The first kappa shape index (κ1) is 23.5. The minimum atomic E-state index is -1.45. The van der Waals surface area contributed by atoms with Gasteiger partial charge >= 0.3 is 6.03 Å². The second kappa shape index (κ2) is 8.19. The molecule has 0 saturated carbocycles. The van der Waals surface area contributed by atoms with Gasteiger partial charge in [0.15, 0.2) is 0 Å². The lowest BCUT2D eigenvalue weighted by atomic mass is 9.74. The lowest BCUT2D eigenvalue weighted by Gasteiger charge is -2.36. The van der Waals surface area contributed by atoms with Crippen molar-refractivity contribution in [2.75, 3.05) is 11.4 Å². The number of rotatable bonds is 5. The molecule has 0 N–H and O–H groups in total. The van der Waals surface area contributed by atoms with Crippen LogP contribution in [0.1, 0.15) is 44.4 Å². The first-order valence-electron chi connectivity index (χ1n) is 12.0. The summed E-state index contributed by atoms with van der Waals surface area (Å²) in [7, 11) is 0. The minimum absolute atomic E-state index is 0.00967. The Balaban J connectivity index is 1.77. The Morgan fingerprint density at radius 1 is 1.00 bits per heavy atom. The van der Waals surface area contributed by atoms with E-state index in [1.54, 1.807) is 36.1 Å². The molecule has 0 aromatic heterocycles. The van der Waals surface area contributed by atoms with Crippen LogP contribution in [0.15, 0.2) is 48.5 Å². The summed E-state index contributed by atoms with van der Waals surface area (Å²) < 4.78 is 0. The van der Waals surface area contributed by atoms with E-state index in [4.69, 9.17) is 11.6 Å². The number of hydrogen-bond donors (Lipinski definition) is 0. The standard InChI is InChI=1S/C27H28ClN3O4/c1-5-29-23(32)20-21(24(29)33)27(14-15(2)3)25(34)30(19-8-6-7-18(28)13-19)26(35)31(27)22(20)17-11-9-16(4)10-12-17/h6-13,15,20-22H,5,14H2,1-4H3/t20?,21?,22?,27-/m1/s1. The van der Waals surface area contributed by atoms with Gasteiger partial charge in [-0.05, 0) is 49.9 Å². The van der Waals surface area contributed by atoms with E-state index in [0.717, 1.165) is 16.0 Å². The number of imide groups is 2.